The zero-order valence-electron chi connectivity index (χ0n) is 22.2. The molecule has 188 valence electrons. The van der Waals surface area contributed by atoms with E-state index in [0.29, 0.717) is 5.39 Å². The topological polar surface area (TPSA) is 0 Å². The first-order valence-electron chi connectivity index (χ1n) is 14.1. The van der Waals surface area contributed by atoms with Gasteiger partial charge in [-0.2, -0.15) is 0 Å². The normalized spacial score (nSPS) is 17.9. The summed E-state index contributed by atoms with van der Waals surface area (Å²) in [6, 6.07) is 18.4. The molecule has 0 atom stereocenters. The van der Waals surface area contributed by atoms with Gasteiger partial charge in [0.25, 0.3) is 0 Å². The summed E-state index contributed by atoms with van der Waals surface area (Å²) in [5, 5.41) is 1.64. The summed E-state index contributed by atoms with van der Waals surface area (Å²) in [4.78, 5) is 0. The van der Waals surface area contributed by atoms with Gasteiger partial charge in [0, 0.05) is 16.5 Å². The van der Waals surface area contributed by atoms with Crippen molar-refractivity contribution in [3.05, 3.63) is 94.8 Å². The molecule has 0 aliphatic heterocycles. The van der Waals surface area contributed by atoms with Crippen molar-refractivity contribution in [3.8, 4) is 11.8 Å². The SMILES string of the molecule is C/C=C/CCc1ccc(C#Cc2ccc3c(F)c(CCC4CCC(CCCC)CC4)ccc3c2)cc1. The van der Waals surface area contributed by atoms with Crippen LogP contribution in [-0.4, -0.2) is 0 Å². The molecule has 1 fully saturated rings. The zero-order chi connectivity index (χ0) is 25.2. The number of halogens is 1. The number of hydrogen-bond acceptors (Lipinski definition) is 0. The van der Waals surface area contributed by atoms with Gasteiger partial charge in [0.1, 0.15) is 5.82 Å². The Bertz CT molecular complexity index is 1200. The minimum atomic E-state index is -0.0443. The van der Waals surface area contributed by atoms with Crippen molar-refractivity contribution in [1.29, 1.82) is 0 Å². The summed E-state index contributed by atoms with van der Waals surface area (Å²) in [5.74, 6) is 8.17. The molecular weight excluding hydrogens is 439 g/mol. The summed E-state index contributed by atoms with van der Waals surface area (Å²) >= 11 is 0. The van der Waals surface area contributed by atoms with Crippen LogP contribution in [0.4, 0.5) is 4.39 Å². The highest BCUT2D eigenvalue weighted by molar-refractivity contribution is 5.85. The lowest BCUT2D eigenvalue weighted by molar-refractivity contribution is 0.249. The fourth-order valence-corrected chi connectivity index (χ4v) is 5.58. The molecule has 0 amide bonds. The molecular formula is C35H41F. The molecule has 1 aliphatic carbocycles. The van der Waals surface area contributed by atoms with Crippen molar-refractivity contribution >= 4 is 10.8 Å². The minimum absolute atomic E-state index is 0.0443. The fraction of sp³-hybridized carbons (Fsp3) is 0.429. The summed E-state index contributed by atoms with van der Waals surface area (Å²) < 4.78 is 15.3. The van der Waals surface area contributed by atoms with Crippen LogP contribution in [0.25, 0.3) is 10.8 Å². The molecule has 0 bridgehead atoms. The second kappa shape index (κ2) is 13.5. The maximum atomic E-state index is 15.3. The van der Waals surface area contributed by atoms with E-state index in [2.05, 4.69) is 68.2 Å². The van der Waals surface area contributed by atoms with Crippen molar-refractivity contribution in [2.45, 2.75) is 84.5 Å². The third-order valence-electron chi connectivity index (χ3n) is 7.93. The molecule has 0 N–H and O–H groups in total. The van der Waals surface area contributed by atoms with Crippen LogP contribution in [0.5, 0.6) is 0 Å². The molecule has 0 aromatic heterocycles. The highest BCUT2D eigenvalue weighted by Gasteiger charge is 2.21. The minimum Gasteiger partial charge on any atom is -0.206 e. The first-order chi connectivity index (χ1) is 17.7. The van der Waals surface area contributed by atoms with Gasteiger partial charge in [0.15, 0.2) is 0 Å². The Morgan fingerprint density at radius 1 is 0.833 bits per heavy atom. The van der Waals surface area contributed by atoms with E-state index >= 15 is 4.39 Å². The molecule has 0 radical (unpaired) electrons. The molecule has 0 heterocycles. The number of aryl methyl sites for hydroxylation is 2. The molecule has 4 rings (SSSR count). The van der Waals surface area contributed by atoms with Crippen LogP contribution < -0.4 is 0 Å². The molecule has 1 aliphatic rings. The lowest BCUT2D eigenvalue weighted by Gasteiger charge is -2.28. The van der Waals surface area contributed by atoms with E-state index in [1.165, 1.54) is 50.5 Å². The Morgan fingerprint density at radius 2 is 1.53 bits per heavy atom. The van der Waals surface area contributed by atoms with E-state index in [1.807, 2.05) is 24.3 Å². The summed E-state index contributed by atoms with van der Waals surface area (Å²) in [6.45, 7) is 4.34. The molecule has 3 aromatic rings. The van der Waals surface area contributed by atoms with Gasteiger partial charge in [0.2, 0.25) is 0 Å². The van der Waals surface area contributed by atoms with Crippen molar-refractivity contribution in [2.24, 2.45) is 11.8 Å². The monoisotopic (exact) mass is 480 g/mol. The van der Waals surface area contributed by atoms with E-state index in [-0.39, 0.29) is 5.82 Å². The van der Waals surface area contributed by atoms with Gasteiger partial charge in [-0.25, -0.2) is 4.39 Å². The number of fused-ring (bicyclic) bond motifs is 1. The molecule has 0 saturated heterocycles. The van der Waals surface area contributed by atoms with Crippen LogP contribution in [0, 0.1) is 29.5 Å². The molecule has 3 aromatic carbocycles. The Kier molecular flexibility index (Phi) is 9.80. The van der Waals surface area contributed by atoms with Gasteiger partial charge in [-0.1, -0.05) is 106 Å². The van der Waals surface area contributed by atoms with Crippen molar-refractivity contribution < 1.29 is 4.39 Å². The molecule has 36 heavy (non-hydrogen) atoms. The number of allylic oxidation sites excluding steroid dienone is 2. The van der Waals surface area contributed by atoms with E-state index in [0.717, 1.165) is 59.6 Å². The highest BCUT2D eigenvalue weighted by Crippen LogP contribution is 2.34. The number of hydrogen-bond donors (Lipinski definition) is 0. The van der Waals surface area contributed by atoms with Crippen molar-refractivity contribution in [2.75, 3.05) is 0 Å². The first-order valence-corrected chi connectivity index (χ1v) is 14.1. The lowest BCUT2D eigenvalue weighted by Crippen LogP contribution is -2.15. The van der Waals surface area contributed by atoms with E-state index in [4.69, 9.17) is 0 Å². The number of rotatable bonds is 9. The van der Waals surface area contributed by atoms with Gasteiger partial charge in [-0.3, -0.25) is 0 Å². The fourth-order valence-electron chi connectivity index (χ4n) is 5.58. The van der Waals surface area contributed by atoms with E-state index in [1.54, 1.807) is 0 Å². The number of benzene rings is 3. The number of unbranched alkanes of at least 4 members (excludes halogenated alkanes) is 1. The van der Waals surface area contributed by atoms with Gasteiger partial charge < -0.3 is 0 Å². The highest BCUT2D eigenvalue weighted by atomic mass is 19.1. The second-order valence-electron chi connectivity index (χ2n) is 10.6. The molecule has 0 unspecified atom stereocenters. The van der Waals surface area contributed by atoms with Gasteiger partial charge in [-0.15, -0.1) is 0 Å². The van der Waals surface area contributed by atoms with Crippen molar-refractivity contribution in [1.82, 2.24) is 0 Å². The lowest BCUT2D eigenvalue weighted by atomic mass is 9.78. The average molecular weight is 481 g/mol. The Morgan fingerprint density at radius 3 is 2.25 bits per heavy atom. The van der Waals surface area contributed by atoms with E-state index in [9.17, 15) is 0 Å². The molecule has 1 saturated carbocycles. The average Bonchev–Trinajstić information content (AvgIpc) is 2.92. The quantitative estimate of drug-likeness (QED) is 0.211. The Hall–Kier alpha value is -2.85. The predicted octanol–water partition coefficient (Wildman–Crippen LogP) is 9.82. The zero-order valence-corrected chi connectivity index (χ0v) is 22.2. The van der Waals surface area contributed by atoms with Crippen molar-refractivity contribution in [3.63, 3.8) is 0 Å². The first kappa shape index (κ1) is 26.2. The van der Waals surface area contributed by atoms with Crippen LogP contribution in [0.2, 0.25) is 0 Å². The van der Waals surface area contributed by atoms with Crippen LogP contribution in [0.1, 0.15) is 93.9 Å². The smallest absolute Gasteiger partial charge is 0.134 e. The summed E-state index contributed by atoms with van der Waals surface area (Å²) in [5.41, 5.74) is 4.12. The third kappa shape index (κ3) is 7.33. The van der Waals surface area contributed by atoms with Gasteiger partial charge >= 0.3 is 0 Å². The standard InChI is InChI=1S/C35H41F/c1-3-5-7-9-28-12-14-29(15-13-28)18-19-31-21-25-34-33(26-31)24-23-32(35(34)36)22-20-30-16-10-27(11-17-30)8-6-4-2/h3,5,12-15,21,23-27,30H,4,6-11,16-17,20,22H2,1-2H3/b5-3+. The maximum Gasteiger partial charge on any atom is 0.134 e. The second-order valence-corrected chi connectivity index (χ2v) is 10.6. The van der Waals surface area contributed by atoms with Crippen LogP contribution >= 0.6 is 0 Å². The van der Waals surface area contributed by atoms with Gasteiger partial charge in [-0.05, 0) is 85.2 Å². The van der Waals surface area contributed by atoms with Crippen LogP contribution in [-0.2, 0) is 12.8 Å². The maximum absolute atomic E-state index is 15.3. The Labute approximate surface area is 218 Å². The van der Waals surface area contributed by atoms with Crippen LogP contribution in [0.3, 0.4) is 0 Å². The molecule has 0 nitrogen and oxygen atoms in total. The molecule has 0 spiro atoms. The van der Waals surface area contributed by atoms with Gasteiger partial charge in [0.05, 0.1) is 0 Å². The summed E-state index contributed by atoms with van der Waals surface area (Å²) in [6.07, 6.45) is 17.8. The third-order valence-corrected chi connectivity index (χ3v) is 7.93. The van der Waals surface area contributed by atoms with E-state index < -0.39 is 0 Å². The molecule has 1 heteroatoms. The van der Waals surface area contributed by atoms with Crippen LogP contribution in [0.15, 0.2) is 66.7 Å². The Balaban J connectivity index is 1.35. The predicted molar refractivity (Wildman–Crippen MR) is 153 cm³/mol. The largest absolute Gasteiger partial charge is 0.206 e. The summed E-state index contributed by atoms with van der Waals surface area (Å²) in [7, 11) is 0.